The third kappa shape index (κ3) is 3.18. The van der Waals surface area contributed by atoms with E-state index in [1.807, 2.05) is 0 Å². The quantitative estimate of drug-likeness (QED) is 0.752. The van der Waals surface area contributed by atoms with E-state index in [-0.39, 0.29) is 0 Å². The van der Waals surface area contributed by atoms with Crippen LogP contribution in [0.25, 0.3) is 0 Å². The summed E-state index contributed by atoms with van der Waals surface area (Å²) < 4.78 is 0. The van der Waals surface area contributed by atoms with Crippen LogP contribution in [-0.4, -0.2) is 37.1 Å². The maximum Gasteiger partial charge on any atom is 0.0108 e. The molecule has 15 heavy (non-hydrogen) atoms. The second-order valence-corrected chi connectivity index (χ2v) is 5.25. The molecule has 2 fully saturated rings. The van der Waals surface area contributed by atoms with E-state index >= 15 is 0 Å². The Kier molecular flexibility index (Phi) is 4.45. The van der Waals surface area contributed by atoms with Crippen LogP contribution in [0.2, 0.25) is 0 Å². The number of likely N-dealkylation sites (tertiary alicyclic amines) is 1. The molecule has 0 aromatic heterocycles. The third-order valence-electron chi connectivity index (χ3n) is 4.19. The van der Waals surface area contributed by atoms with Crippen LogP contribution in [0.1, 0.15) is 45.4 Å². The van der Waals surface area contributed by atoms with Crippen molar-refractivity contribution in [1.82, 2.24) is 10.2 Å². The van der Waals surface area contributed by atoms with Gasteiger partial charge in [-0.2, -0.15) is 0 Å². The molecule has 0 aliphatic carbocycles. The number of nitrogens with one attached hydrogen (secondary N) is 1. The van der Waals surface area contributed by atoms with Gasteiger partial charge in [0.1, 0.15) is 0 Å². The fourth-order valence-electron chi connectivity index (χ4n) is 3.13. The Bertz CT molecular complexity index is 173. The highest BCUT2D eigenvalue weighted by molar-refractivity contribution is 4.81. The van der Waals surface area contributed by atoms with Gasteiger partial charge in [-0.25, -0.2) is 0 Å². The second kappa shape index (κ2) is 5.86. The summed E-state index contributed by atoms with van der Waals surface area (Å²) in [5, 5.41) is 3.51. The van der Waals surface area contributed by atoms with Crippen LogP contribution < -0.4 is 5.32 Å². The molecule has 0 radical (unpaired) electrons. The zero-order valence-electron chi connectivity index (χ0n) is 10.2. The van der Waals surface area contributed by atoms with Gasteiger partial charge in [-0.05, 0) is 57.7 Å². The van der Waals surface area contributed by atoms with Crippen molar-refractivity contribution in [3.63, 3.8) is 0 Å². The monoisotopic (exact) mass is 210 g/mol. The Morgan fingerprint density at radius 2 is 2.07 bits per heavy atom. The van der Waals surface area contributed by atoms with Gasteiger partial charge >= 0.3 is 0 Å². The van der Waals surface area contributed by atoms with Gasteiger partial charge in [0.25, 0.3) is 0 Å². The van der Waals surface area contributed by atoms with Crippen molar-refractivity contribution in [1.29, 1.82) is 0 Å². The van der Waals surface area contributed by atoms with Crippen molar-refractivity contribution in [3.8, 4) is 0 Å². The van der Waals surface area contributed by atoms with E-state index in [4.69, 9.17) is 0 Å². The first kappa shape index (κ1) is 11.4. The maximum absolute atomic E-state index is 3.51. The molecule has 2 aliphatic heterocycles. The standard InChI is InChI=1S/C13H26N2/c1-2-12-5-4-10-15(11-12)13-6-3-8-14-9-7-13/h12-14H,2-11H2,1H3. The number of nitrogens with zero attached hydrogens (tertiary/aromatic N) is 1. The summed E-state index contributed by atoms with van der Waals surface area (Å²) in [5.74, 6) is 0.981. The molecule has 88 valence electrons. The minimum absolute atomic E-state index is 0.884. The molecule has 0 amide bonds. The molecular weight excluding hydrogens is 184 g/mol. The van der Waals surface area contributed by atoms with E-state index in [2.05, 4.69) is 17.1 Å². The number of rotatable bonds is 2. The summed E-state index contributed by atoms with van der Waals surface area (Å²) in [6.07, 6.45) is 8.44. The van der Waals surface area contributed by atoms with Gasteiger partial charge in [0.15, 0.2) is 0 Å². The molecule has 2 atom stereocenters. The van der Waals surface area contributed by atoms with Gasteiger partial charge in [-0.1, -0.05) is 13.3 Å². The summed E-state index contributed by atoms with van der Waals surface area (Å²) in [7, 11) is 0. The number of hydrogen-bond donors (Lipinski definition) is 1. The van der Waals surface area contributed by atoms with Crippen molar-refractivity contribution in [3.05, 3.63) is 0 Å². The molecule has 2 saturated heterocycles. The number of piperidine rings is 1. The lowest BCUT2D eigenvalue weighted by atomic mass is 9.93. The molecule has 0 saturated carbocycles. The molecule has 2 heterocycles. The summed E-state index contributed by atoms with van der Waals surface area (Å²) in [5.41, 5.74) is 0. The highest BCUT2D eigenvalue weighted by Crippen LogP contribution is 2.24. The van der Waals surface area contributed by atoms with E-state index < -0.39 is 0 Å². The van der Waals surface area contributed by atoms with E-state index in [1.165, 1.54) is 64.7 Å². The Morgan fingerprint density at radius 1 is 1.13 bits per heavy atom. The minimum Gasteiger partial charge on any atom is -0.317 e. The molecule has 2 rings (SSSR count). The average molecular weight is 210 g/mol. The van der Waals surface area contributed by atoms with E-state index in [1.54, 1.807) is 0 Å². The van der Waals surface area contributed by atoms with Crippen LogP contribution in [0.15, 0.2) is 0 Å². The van der Waals surface area contributed by atoms with Gasteiger partial charge in [0, 0.05) is 12.6 Å². The van der Waals surface area contributed by atoms with Gasteiger partial charge in [-0.15, -0.1) is 0 Å². The Labute approximate surface area is 94.4 Å². The first-order chi connectivity index (χ1) is 7.40. The first-order valence-electron chi connectivity index (χ1n) is 6.85. The molecule has 0 aromatic carbocycles. The van der Waals surface area contributed by atoms with Gasteiger partial charge in [-0.3, -0.25) is 0 Å². The maximum atomic E-state index is 3.51. The van der Waals surface area contributed by atoms with Crippen molar-refractivity contribution < 1.29 is 0 Å². The molecular formula is C13H26N2. The van der Waals surface area contributed by atoms with Crippen molar-refractivity contribution >= 4 is 0 Å². The summed E-state index contributed by atoms with van der Waals surface area (Å²) in [4.78, 5) is 2.78. The molecule has 2 aliphatic rings. The summed E-state index contributed by atoms with van der Waals surface area (Å²) >= 11 is 0. The lowest BCUT2D eigenvalue weighted by Crippen LogP contribution is -2.42. The lowest BCUT2D eigenvalue weighted by molar-refractivity contribution is 0.113. The van der Waals surface area contributed by atoms with Crippen molar-refractivity contribution in [2.24, 2.45) is 5.92 Å². The fraction of sp³-hybridized carbons (Fsp3) is 1.00. The van der Waals surface area contributed by atoms with Gasteiger partial charge in [0.05, 0.1) is 0 Å². The minimum atomic E-state index is 0.884. The Hall–Kier alpha value is -0.0800. The van der Waals surface area contributed by atoms with Gasteiger partial charge < -0.3 is 10.2 Å². The van der Waals surface area contributed by atoms with E-state index in [0.717, 1.165) is 12.0 Å². The highest BCUT2D eigenvalue weighted by atomic mass is 15.2. The molecule has 2 unspecified atom stereocenters. The smallest absolute Gasteiger partial charge is 0.0108 e. The summed E-state index contributed by atoms with van der Waals surface area (Å²) in [6.45, 7) is 7.56. The predicted molar refractivity (Wildman–Crippen MR) is 65.1 cm³/mol. The van der Waals surface area contributed by atoms with Crippen LogP contribution in [-0.2, 0) is 0 Å². The van der Waals surface area contributed by atoms with Crippen LogP contribution >= 0.6 is 0 Å². The lowest BCUT2D eigenvalue weighted by Gasteiger charge is -2.37. The predicted octanol–water partition coefficient (Wildman–Crippen LogP) is 2.25. The van der Waals surface area contributed by atoms with Crippen molar-refractivity contribution in [2.75, 3.05) is 26.2 Å². The average Bonchev–Trinajstić information content (AvgIpc) is 2.58. The fourth-order valence-corrected chi connectivity index (χ4v) is 3.13. The first-order valence-corrected chi connectivity index (χ1v) is 6.85. The second-order valence-electron chi connectivity index (χ2n) is 5.25. The topological polar surface area (TPSA) is 15.3 Å². The van der Waals surface area contributed by atoms with Crippen LogP contribution in [0.4, 0.5) is 0 Å². The normalized spacial score (nSPS) is 35.0. The molecule has 0 spiro atoms. The molecule has 0 bridgehead atoms. The summed E-state index contributed by atoms with van der Waals surface area (Å²) in [6, 6.07) is 0.884. The van der Waals surface area contributed by atoms with Crippen molar-refractivity contribution in [2.45, 2.75) is 51.5 Å². The van der Waals surface area contributed by atoms with E-state index in [9.17, 15) is 0 Å². The molecule has 1 N–H and O–H groups in total. The van der Waals surface area contributed by atoms with Crippen LogP contribution in [0.5, 0.6) is 0 Å². The zero-order valence-corrected chi connectivity index (χ0v) is 10.2. The molecule has 2 heteroatoms. The van der Waals surface area contributed by atoms with E-state index in [0.29, 0.717) is 0 Å². The van der Waals surface area contributed by atoms with Gasteiger partial charge in [0.2, 0.25) is 0 Å². The highest BCUT2D eigenvalue weighted by Gasteiger charge is 2.25. The zero-order chi connectivity index (χ0) is 10.5. The van der Waals surface area contributed by atoms with Crippen LogP contribution in [0, 0.1) is 5.92 Å². The number of hydrogen-bond acceptors (Lipinski definition) is 2. The largest absolute Gasteiger partial charge is 0.317 e. The Balaban J connectivity index is 1.84. The molecule has 0 aromatic rings. The molecule has 2 nitrogen and oxygen atoms in total. The SMILES string of the molecule is CCC1CCCN(C2CCCNCC2)C1. The Morgan fingerprint density at radius 3 is 2.93 bits per heavy atom. The third-order valence-corrected chi connectivity index (χ3v) is 4.19. The van der Waals surface area contributed by atoms with Crippen LogP contribution in [0.3, 0.4) is 0 Å².